The molecule has 2 aromatic carbocycles. The van der Waals surface area contributed by atoms with Crippen LogP contribution in [0.3, 0.4) is 0 Å². The van der Waals surface area contributed by atoms with Crippen molar-refractivity contribution in [2.45, 2.75) is 37.9 Å². The topological polar surface area (TPSA) is 72.8 Å². The molecule has 0 saturated heterocycles. The van der Waals surface area contributed by atoms with Gasteiger partial charge in [0.15, 0.2) is 0 Å². The van der Waals surface area contributed by atoms with Crippen molar-refractivity contribution >= 4 is 11.9 Å². The van der Waals surface area contributed by atoms with Gasteiger partial charge >= 0.3 is 11.9 Å². The molecule has 1 fully saturated rings. The summed E-state index contributed by atoms with van der Waals surface area (Å²) in [7, 11) is 0. The van der Waals surface area contributed by atoms with E-state index in [1.54, 1.807) is 48.5 Å². The first-order valence-corrected chi connectivity index (χ1v) is 9.97. The molecule has 152 valence electrons. The number of carbonyl (C=O) groups is 2. The summed E-state index contributed by atoms with van der Waals surface area (Å²) < 4.78 is 11.5. The molecule has 0 bridgehead atoms. The van der Waals surface area contributed by atoms with E-state index in [2.05, 4.69) is 6.08 Å². The highest BCUT2D eigenvalue weighted by Crippen LogP contribution is 2.31. The molecule has 0 radical (unpaired) electrons. The van der Waals surface area contributed by atoms with Gasteiger partial charge in [-0.15, -0.1) is 0 Å². The Balaban J connectivity index is 1.70. The summed E-state index contributed by atoms with van der Waals surface area (Å²) in [6.07, 6.45) is 5.59. The Hall–Kier alpha value is -2.92. The number of aliphatic hydroxyl groups is 1. The Labute approximate surface area is 171 Å². The van der Waals surface area contributed by atoms with Gasteiger partial charge in [0.25, 0.3) is 0 Å². The van der Waals surface area contributed by atoms with Crippen molar-refractivity contribution in [1.82, 2.24) is 0 Å². The summed E-state index contributed by atoms with van der Waals surface area (Å²) in [6.45, 7) is 0.104. The molecule has 1 aliphatic rings. The van der Waals surface area contributed by atoms with Gasteiger partial charge in [-0.3, -0.25) is 0 Å². The molecular weight excluding hydrogens is 368 g/mol. The second kappa shape index (κ2) is 10.6. The molecule has 3 atom stereocenters. The van der Waals surface area contributed by atoms with Crippen LogP contribution in [0.1, 0.15) is 46.4 Å². The van der Waals surface area contributed by atoms with Crippen molar-refractivity contribution in [3.05, 3.63) is 83.9 Å². The Kier molecular flexibility index (Phi) is 7.59. The van der Waals surface area contributed by atoms with Gasteiger partial charge in [-0.1, -0.05) is 48.6 Å². The third-order valence-corrected chi connectivity index (χ3v) is 5.01. The number of benzene rings is 2. The van der Waals surface area contributed by atoms with Crippen molar-refractivity contribution in [3.8, 4) is 0 Å². The highest BCUT2D eigenvalue weighted by atomic mass is 16.6. The van der Waals surface area contributed by atoms with Crippen molar-refractivity contribution in [1.29, 1.82) is 0 Å². The lowest BCUT2D eigenvalue weighted by Gasteiger charge is -2.34. The van der Waals surface area contributed by atoms with Crippen LogP contribution in [0, 0.1) is 5.92 Å². The zero-order chi connectivity index (χ0) is 20.5. The largest absolute Gasteiger partial charge is 0.455 e. The molecule has 5 nitrogen and oxygen atoms in total. The molecule has 1 aliphatic carbocycles. The second-order valence-electron chi connectivity index (χ2n) is 7.13. The molecular formula is C24H26O5. The van der Waals surface area contributed by atoms with E-state index in [0.29, 0.717) is 30.4 Å². The van der Waals surface area contributed by atoms with E-state index in [-0.39, 0.29) is 12.5 Å². The summed E-state index contributed by atoms with van der Waals surface area (Å²) in [4.78, 5) is 25.1. The molecule has 1 N–H and O–H groups in total. The quantitative estimate of drug-likeness (QED) is 0.563. The van der Waals surface area contributed by atoms with E-state index in [4.69, 9.17) is 14.6 Å². The smallest absolute Gasteiger partial charge is 0.338 e. The lowest BCUT2D eigenvalue weighted by atomic mass is 9.84. The fourth-order valence-corrected chi connectivity index (χ4v) is 3.49. The number of allylic oxidation sites excluding steroid dienone is 1. The predicted octanol–water partition coefficient (Wildman–Crippen LogP) is 4.18. The average Bonchev–Trinajstić information content (AvgIpc) is 2.76. The molecule has 0 aromatic heterocycles. The first-order chi connectivity index (χ1) is 14.2. The molecule has 0 spiro atoms. The standard InChI is InChI=1S/C24H26O5/c25-16-8-7-9-18-14-15-21(28-23(26)19-10-3-1-4-11-19)22(17-18)29-24(27)20-12-5-2-6-13-20/h1-7,9-13,18,21-22,25H,8,14-17H2/b9-7+/t18-,21?,22?/m0/s1. The van der Waals surface area contributed by atoms with E-state index in [0.717, 1.165) is 6.42 Å². The van der Waals surface area contributed by atoms with Gasteiger partial charge in [0.2, 0.25) is 0 Å². The molecule has 1 saturated carbocycles. The molecule has 29 heavy (non-hydrogen) atoms. The van der Waals surface area contributed by atoms with E-state index < -0.39 is 24.1 Å². The molecule has 2 unspecified atom stereocenters. The number of hydrogen-bond donors (Lipinski definition) is 1. The Morgan fingerprint density at radius 2 is 1.41 bits per heavy atom. The van der Waals surface area contributed by atoms with Crippen LogP contribution in [0.5, 0.6) is 0 Å². The number of rotatable bonds is 7. The highest BCUT2D eigenvalue weighted by molar-refractivity contribution is 5.90. The summed E-state index contributed by atoms with van der Waals surface area (Å²) in [6, 6.07) is 17.6. The minimum Gasteiger partial charge on any atom is -0.455 e. The summed E-state index contributed by atoms with van der Waals surface area (Å²) in [5.74, 6) is -0.621. The number of esters is 2. The van der Waals surface area contributed by atoms with Crippen LogP contribution in [0.2, 0.25) is 0 Å². The number of ether oxygens (including phenoxy) is 2. The zero-order valence-electron chi connectivity index (χ0n) is 16.3. The minimum atomic E-state index is -0.520. The van der Waals surface area contributed by atoms with Crippen LogP contribution in [0.4, 0.5) is 0 Å². The summed E-state index contributed by atoms with van der Waals surface area (Å²) >= 11 is 0. The third-order valence-electron chi connectivity index (χ3n) is 5.01. The zero-order valence-corrected chi connectivity index (χ0v) is 16.3. The van der Waals surface area contributed by atoms with Gasteiger partial charge in [-0.25, -0.2) is 9.59 Å². The summed E-state index contributed by atoms with van der Waals surface area (Å²) in [5.41, 5.74) is 0.948. The van der Waals surface area contributed by atoms with Crippen molar-refractivity contribution in [2.75, 3.05) is 6.61 Å². The number of carbonyl (C=O) groups excluding carboxylic acids is 2. The fraction of sp³-hybridized carbons (Fsp3) is 0.333. The normalized spacial score (nSPS) is 21.6. The van der Waals surface area contributed by atoms with E-state index >= 15 is 0 Å². The van der Waals surface area contributed by atoms with E-state index in [1.807, 2.05) is 18.2 Å². The van der Waals surface area contributed by atoms with Crippen LogP contribution in [-0.4, -0.2) is 35.9 Å². The Morgan fingerprint density at radius 3 is 1.97 bits per heavy atom. The van der Waals surface area contributed by atoms with Crippen LogP contribution in [0.25, 0.3) is 0 Å². The highest BCUT2D eigenvalue weighted by Gasteiger charge is 2.35. The van der Waals surface area contributed by atoms with Gasteiger partial charge < -0.3 is 14.6 Å². The van der Waals surface area contributed by atoms with E-state index in [9.17, 15) is 9.59 Å². The maximum Gasteiger partial charge on any atom is 0.338 e. The van der Waals surface area contributed by atoms with Crippen LogP contribution >= 0.6 is 0 Å². The van der Waals surface area contributed by atoms with Gasteiger partial charge in [0.05, 0.1) is 11.1 Å². The number of hydrogen-bond acceptors (Lipinski definition) is 5. The SMILES string of the molecule is O=C(OC1CC[C@H](/C=C/CCO)CC1OC(=O)c1ccccc1)c1ccccc1. The van der Waals surface area contributed by atoms with Crippen molar-refractivity contribution in [3.63, 3.8) is 0 Å². The van der Waals surface area contributed by atoms with Crippen LogP contribution in [-0.2, 0) is 9.47 Å². The molecule has 0 heterocycles. The Bertz CT molecular complexity index is 816. The van der Waals surface area contributed by atoms with Crippen LogP contribution in [0.15, 0.2) is 72.8 Å². The molecule has 2 aromatic rings. The van der Waals surface area contributed by atoms with E-state index in [1.165, 1.54) is 0 Å². The van der Waals surface area contributed by atoms with Gasteiger partial charge in [0, 0.05) is 6.61 Å². The summed E-state index contributed by atoms with van der Waals surface area (Å²) in [5, 5.41) is 8.96. The lowest BCUT2D eigenvalue weighted by molar-refractivity contribution is -0.0573. The predicted molar refractivity (Wildman–Crippen MR) is 109 cm³/mol. The number of aliphatic hydroxyl groups excluding tert-OH is 1. The first kappa shape index (κ1) is 20.8. The lowest BCUT2D eigenvalue weighted by Crippen LogP contribution is -2.40. The second-order valence-corrected chi connectivity index (χ2v) is 7.13. The van der Waals surface area contributed by atoms with Gasteiger partial charge in [-0.05, 0) is 55.9 Å². The molecule has 3 rings (SSSR count). The van der Waals surface area contributed by atoms with Gasteiger partial charge in [0.1, 0.15) is 12.2 Å². The molecule has 0 aliphatic heterocycles. The van der Waals surface area contributed by atoms with Crippen molar-refractivity contribution < 1.29 is 24.2 Å². The minimum absolute atomic E-state index is 0.104. The monoisotopic (exact) mass is 394 g/mol. The Morgan fingerprint density at radius 1 is 0.862 bits per heavy atom. The third kappa shape index (κ3) is 6.03. The molecule has 5 heteroatoms. The fourth-order valence-electron chi connectivity index (χ4n) is 3.49. The van der Waals surface area contributed by atoms with Crippen molar-refractivity contribution in [2.24, 2.45) is 5.92 Å². The van der Waals surface area contributed by atoms with Crippen LogP contribution < -0.4 is 0 Å². The average molecular weight is 394 g/mol. The first-order valence-electron chi connectivity index (χ1n) is 9.97. The van der Waals surface area contributed by atoms with Gasteiger partial charge in [-0.2, -0.15) is 0 Å². The molecule has 0 amide bonds. The maximum absolute atomic E-state index is 12.6. The maximum atomic E-state index is 12.6.